The molecule has 44 heavy (non-hydrogen) atoms. The number of hydrogen-bond acceptors (Lipinski definition) is 6. The van der Waals surface area contributed by atoms with Gasteiger partial charge in [-0.2, -0.15) is 10.5 Å². The predicted molar refractivity (Wildman–Crippen MR) is 173 cm³/mol. The second kappa shape index (κ2) is 11.9. The van der Waals surface area contributed by atoms with E-state index in [9.17, 15) is 10.5 Å². The highest BCUT2D eigenvalue weighted by atomic mass is 15.4. The standard InChI is InChI=1S/C38H28N6/c39-21-29-9-7-11-31(19-29)23-41-27-43(37-17-5-3-15-35(37)41)25-33-13-1-2-14-34(33)26-44-28-42(36-16-4-6-18-38(36)44)24-32-12-8-10-30(20-32)22-40/h1-20H,23-26H2. The van der Waals surface area contributed by atoms with Gasteiger partial charge in [-0.05, 0) is 70.8 Å². The first-order valence-corrected chi connectivity index (χ1v) is 14.5. The van der Waals surface area contributed by atoms with Gasteiger partial charge in [-0.1, -0.05) is 72.8 Å². The number of nitriles is 2. The summed E-state index contributed by atoms with van der Waals surface area (Å²) in [4.78, 5) is 8.63. The van der Waals surface area contributed by atoms with Crippen LogP contribution >= 0.6 is 0 Å². The molecule has 6 heteroatoms. The highest BCUT2D eigenvalue weighted by molar-refractivity contribution is 5.80. The normalized spacial score (nSPS) is 13.4. The van der Waals surface area contributed by atoms with Gasteiger partial charge in [0.15, 0.2) is 0 Å². The third-order valence-electron chi connectivity index (χ3n) is 7.98. The Labute approximate surface area is 258 Å². The Morgan fingerprint density at radius 1 is 0.432 bits per heavy atom. The lowest BCUT2D eigenvalue weighted by molar-refractivity contribution is 0.819. The van der Waals surface area contributed by atoms with Crippen LogP contribution in [0.4, 0.5) is 22.7 Å². The molecule has 0 amide bonds. The molecule has 0 bridgehead atoms. The van der Waals surface area contributed by atoms with E-state index in [4.69, 9.17) is 0 Å². The molecule has 2 heterocycles. The molecular formula is C38H28N6. The van der Waals surface area contributed by atoms with Gasteiger partial charge in [0.1, 0.15) is 0 Å². The largest absolute Gasteiger partial charge is 0.335 e. The van der Waals surface area contributed by atoms with Crippen molar-refractivity contribution in [2.75, 3.05) is 19.6 Å². The van der Waals surface area contributed by atoms with Gasteiger partial charge in [-0.15, -0.1) is 0 Å². The summed E-state index contributed by atoms with van der Waals surface area (Å²) in [7, 11) is 0. The molecule has 7 rings (SSSR count). The summed E-state index contributed by atoms with van der Waals surface area (Å²) in [5.74, 6) is 0. The van der Waals surface area contributed by atoms with Gasteiger partial charge in [0, 0.05) is 26.2 Å². The Kier molecular flexibility index (Phi) is 7.32. The van der Waals surface area contributed by atoms with Crippen LogP contribution in [0.3, 0.4) is 0 Å². The van der Waals surface area contributed by atoms with E-state index in [2.05, 4.69) is 118 Å². The maximum absolute atomic E-state index is 9.36. The smallest absolute Gasteiger partial charge is 0.209 e. The second-order valence-corrected chi connectivity index (χ2v) is 10.9. The number of para-hydroxylation sites is 4. The van der Waals surface area contributed by atoms with Crippen LogP contribution in [0, 0.1) is 36.0 Å². The average Bonchev–Trinajstić information content (AvgIpc) is 3.59. The van der Waals surface area contributed by atoms with Crippen molar-refractivity contribution >= 4 is 22.7 Å². The number of benzene rings is 5. The first kappa shape index (κ1) is 27.1. The first-order chi connectivity index (χ1) is 21.7. The summed E-state index contributed by atoms with van der Waals surface area (Å²) < 4.78 is 0. The van der Waals surface area contributed by atoms with E-state index < -0.39 is 0 Å². The van der Waals surface area contributed by atoms with Crippen LogP contribution in [-0.2, 0) is 26.2 Å². The fraction of sp³-hybridized carbons (Fsp3) is 0.105. The van der Waals surface area contributed by atoms with E-state index in [1.807, 2.05) is 48.5 Å². The number of fused-ring (bicyclic) bond motifs is 2. The third-order valence-corrected chi connectivity index (χ3v) is 7.98. The average molecular weight is 569 g/mol. The van der Waals surface area contributed by atoms with Gasteiger partial charge in [0.05, 0.1) is 46.0 Å². The summed E-state index contributed by atoms with van der Waals surface area (Å²) >= 11 is 0. The van der Waals surface area contributed by atoms with E-state index in [1.54, 1.807) is 0 Å². The van der Waals surface area contributed by atoms with Crippen LogP contribution in [0.1, 0.15) is 33.4 Å². The Hall–Kier alpha value is -5.72. The minimum absolute atomic E-state index is 0.631. The van der Waals surface area contributed by atoms with Crippen LogP contribution < -0.4 is 19.6 Å². The lowest BCUT2D eigenvalue weighted by Gasteiger charge is -2.24. The molecular weight excluding hydrogens is 540 g/mol. The topological polar surface area (TPSA) is 60.5 Å². The van der Waals surface area contributed by atoms with Gasteiger partial charge in [0.2, 0.25) is 13.3 Å². The van der Waals surface area contributed by atoms with Crippen LogP contribution in [0.15, 0.2) is 121 Å². The molecule has 5 aromatic rings. The quantitative estimate of drug-likeness (QED) is 0.193. The molecule has 0 spiro atoms. The van der Waals surface area contributed by atoms with E-state index in [0.29, 0.717) is 37.3 Å². The number of hydrogen-bond donors (Lipinski definition) is 0. The number of anilines is 4. The first-order valence-electron chi connectivity index (χ1n) is 14.5. The van der Waals surface area contributed by atoms with Crippen molar-refractivity contribution in [3.05, 3.63) is 168 Å². The third kappa shape index (κ3) is 5.42. The molecule has 0 saturated heterocycles. The monoisotopic (exact) mass is 568 g/mol. The SMILES string of the molecule is N#Cc1cccc(CN2[C]N(Cc3ccccc3CN3[C]N(Cc4cccc(C#N)c4)c4ccccc43)c3ccccc32)c1. The molecule has 0 aromatic heterocycles. The van der Waals surface area contributed by atoms with Crippen molar-refractivity contribution < 1.29 is 0 Å². The molecule has 0 atom stereocenters. The summed E-state index contributed by atoms with van der Waals surface area (Å²) in [5.41, 5.74) is 10.3. The highest BCUT2D eigenvalue weighted by Crippen LogP contribution is 2.42. The van der Waals surface area contributed by atoms with Crippen LogP contribution in [-0.4, -0.2) is 0 Å². The summed E-state index contributed by atoms with van der Waals surface area (Å²) in [6.07, 6.45) is 0. The summed E-state index contributed by atoms with van der Waals surface area (Å²) in [5, 5.41) is 18.7. The summed E-state index contributed by atoms with van der Waals surface area (Å²) in [6.45, 7) is 9.79. The van der Waals surface area contributed by atoms with Gasteiger partial charge in [0.25, 0.3) is 0 Å². The molecule has 4 radical (unpaired) electrons. The van der Waals surface area contributed by atoms with Crippen molar-refractivity contribution in [3.8, 4) is 12.1 Å². The number of rotatable bonds is 8. The van der Waals surface area contributed by atoms with Crippen molar-refractivity contribution in [1.29, 1.82) is 10.5 Å². The van der Waals surface area contributed by atoms with E-state index in [0.717, 1.165) is 33.9 Å². The highest BCUT2D eigenvalue weighted by Gasteiger charge is 2.30. The lowest BCUT2D eigenvalue weighted by atomic mass is 10.1. The zero-order valence-electron chi connectivity index (χ0n) is 24.1. The van der Waals surface area contributed by atoms with Crippen molar-refractivity contribution in [3.63, 3.8) is 0 Å². The lowest BCUT2D eigenvalue weighted by Crippen LogP contribution is -2.27. The Bertz CT molecular complexity index is 1760. The van der Waals surface area contributed by atoms with Gasteiger partial charge in [-0.3, -0.25) is 0 Å². The molecule has 6 nitrogen and oxygen atoms in total. The minimum atomic E-state index is 0.631. The molecule has 210 valence electrons. The van der Waals surface area contributed by atoms with Gasteiger partial charge >= 0.3 is 0 Å². The van der Waals surface area contributed by atoms with Crippen LogP contribution in [0.5, 0.6) is 0 Å². The van der Waals surface area contributed by atoms with Gasteiger partial charge in [-0.25, -0.2) is 0 Å². The predicted octanol–water partition coefficient (Wildman–Crippen LogP) is 7.48. The van der Waals surface area contributed by atoms with E-state index in [1.165, 1.54) is 11.1 Å². The zero-order valence-corrected chi connectivity index (χ0v) is 24.1. The molecule has 2 aliphatic heterocycles. The van der Waals surface area contributed by atoms with E-state index in [-0.39, 0.29) is 0 Å². The van der Waals surface area contributed by atoms with Crippen molar-refractivity contribution in [2.24, 2.45) is 0 Å². The molecule has 0 N–H and O–H groups in total. The Balaban J connectivity index is 1.11. The van der Waals surface area contributed by atoms with Crippen molar-refractivity contribution in [1.82, 2.24) is 0 Å². The molecule has 0 aliphatic carbocycles. The van der Waals surface area contributed by atoms with E-state index >= 15 is 0 Å². The Morgan fingerprint density at radius 3 is 1.18 bits per heavy atom. The molecule has 5 aromatic carbocycles. The fourth-order valence-corrected chi connectivity index (χ4v) is 5.88. The minimum Gasteiger partial charge on any atom is -0.335 e. The maximum atomic E-state index is 9.36. The molecule has 0 fully saturated rings. The van der Waals surface area contributed by atoms with Gasteiger partial charge < -0.3 is 19.6 Å². The zero-order chi connectivity index (χ0) is 29.9. The fourth-order valence-electron chi connectivity index (χ4n) is 5.88. The van der Waals surface area contributed by atoms with Crippen LogP contribution in [0.2, 0.25) is 0 Å². The molecule has 0 saturated carbocycles. The van der Waals surface area contributed by atoms with Crippen LogP contribution in [0.25, 0.3) is 0 Å². The summed E-state index contributed by atoms with van der Waals surface area (Å²) in [6, 6.07) is 45.3. The number of nitrogens with zero attached hydrogens (tertiary/aromatic N) is 6. The molecule has 2 aliphatic rings. The maximum Gasteiger partial charge on any atom is 0.209 e. The second-order valence-electron chi connectivity index (χ2n) is 10.9. The van der Waals surface area contributed by atoms with Crippen molar-refractivity contribution in [2.45, 2.75) is 26.2 Å². The Morgan fingerprint density at radius 2 is 0.795 bits per heavy atom. The molecule has 0 unspecified atom stereocenters.